The lowest BCUT2D eigenvalue weighted by atomic mass is 10.5. The normalized spacial score (nSPS) is 8.00. The van der Waals surface area contributed by atoms with Crippen LogP contribution in [0.2, 0.25) is 0 Å². The van der Waals surface area contributed by atoms with Crippen LogP contribution < -0.4 is 31.0 Å². The lowest BCUT2D eigenvalue weighted by molar-refractivity contribution is -0.791. The summed E-state index contributed by atoms with van der Waals surface area (Å²) in [6.45, 7) is 1.58. The second-order valence-corrected chi connectivity index (χ2v) is 2.53. The topological polar surface area (TPSA) is 53.6 Å². The average Bonchev–Trinajstić information content (AvgIpc) is 1.31. The molecule has 0 aromatic heterocycles. The number of halogens is 2. The first-order valence-electron chi connectivity index (χ1n) is 2.27. The van der Waals surface area contributed by atoms with Crippen molar-refractivity contribution in [3.8, 4) is 0 Å². The van der Waals surface area contributed by atoms with Gasteiger partial charge in [-0.05, 0) is 0 Å². The molecule has 0 spiro atoms. The van der Waals surface area contributed by atoms with Crippen LogP contribution in [0.15, 0.2) is 0 Å². The van der Waals surface area contributed by atoms with Crippen molar-refractivity contribution >= 4 is 5.91 Å². The highest BCUT2D eigenvalue weighted by Crippen LogP contribution is 1.87. The number of nitrogens with zero attached hydrogens (tertiary/aromatic N) is 1. The van der Waals surface area contributed by atoms with E-state index in [4.69, 9.17) is 0 Å². The van der Waals surface area contributed by atoms with Gasteiger partial charge in [0.15, 0.2) is 0 Å². The number of carbonyl (C=O) groups is 1. The predicted molar refractivity (Wildman–Crippen MR) is 34.7 cm³/mol. The van der Waals surface area contributed by atoms with Gasteiger partial charge < -0.3 is 31.0 Å². The SMILES string of the molecule is CC(=O)[N+](C)(C)C.[Cl-].[Cl-].[NH4+]. The molecule has 3 nitrogen and oxygen atoms in total. The third-order valence-corrected chi connectivity index (χ3v) is 0.945. The molecule has 4 N–H and O–H groups in total. The Bertz CT molecular complexity index is 90.1. The van der Waals surface area contributed by atoms with E-state index in [1.165, 1.54) is 0 Å². The van der Waals surface area contributed by atoms with Gasteiger partial charge in [0.05, 0.1) is 28.1 Å². The molecule has 10 heavy (non-hydrogen) atoms. The minimum absolute atomic E-state index is 0. The molecule has 0 heterocycles. The predicted octanol–water partition coefficient (Wildman–Crippen LogP) is -5.38. The Kier molecular flexibility index (Phi) is 16.4. The number of quaternary nitrogens is 2. The van der Waals surface area contributed by atoms with E-state index < -0.39 is 0 Å². The zero-order chi connectivity index (χ0) is 6.08. The largest absolute Gasteiger partial charge is 1.00 e. The van der Waals surface area contributed by atoms with Gasteiger partial charge in [-0.2, -0.15) is 0 Å². The molecule has 0 saturated carbocycles. The van der Waals surface area contributed by atoms with Gasteiger partial charge in [-0.15, -0.1) is 0 Å². The quantitative estimate of drug-likeness (QED) is 0.382. The van der Waals surface area contributed by atoms with Crippen molar-refractivity contribution in [3.05, 3.63) is 0 Å². The van der Waals surface area contributed by atoms with Gasteiger partial charge >= 0.3 is 5.91 Å². The molecule has 0 radical (unpaired) electrons. The van der Waals surface area contributed by atoms with E-state index in [0.29, 0.717) is 4.48 Å². The second-order valence-electron chi connectivity index (χ2n) is 2.53. The fraction of sp³-hybridized carbons (Fsp3) is 0.800. The van der Waals surface area contributed by atoms with Gasteiger partial charge in [0.25, 0.3) is 0 Å². The summed E-state index contributed by atoms with van der Waals surface area (Å²) in [4.78, 5) is 10.4. The number of rotatable bonds is 0. The van der Waals surface area contributed by atoms with Crippen LogP contribution in [-0.4, -0.2) is 31.5 Å². The molecule has 0 bridgehead atoms. The molecule has 0 saturated heterocycles. The summed E-state index contributed by atoms with van der Waals surface area (Å²) in [5.74, 6) is 0.181. The maximum Gasteiger partial charge on any atom is 0.309 e. The van der Waals surface area contributed by atoms with Gasteiger partial charge in [0, 0.05) is 0 Å². The zero-order valence-corrected chi connectivity index (χ0v) is 8.62. The maximum absolute atomic E-state index is 10.4. The van der Waals surface area contributed by atoms with Crippen LogP contribution in [0.3, 0.4) is 0 Å². The first-order valence-corrected chi connectivity index (χ1v) is 2.27. The molecular formula is C5H16Cl2N2O. The number of carbonyl (C=O) groups excluding carboxylic acids is 1. The summed E-state index contributed by atoms with van der Waals surface area (Å²) in [7, 11) is 5.55. The summed E-state index contributed by atoms with van der Waals surface area (Å²) >= 11 is 0. The first-order chi connectivity index (χ1) is 2.94. The molecule has 0 unspecified atom stereocenters. The van der Waals surface area contributed by atoms with Crippen molar-refractivity contribution in [1.29, 1.82) is 0 Å². The maximum atomic E-state index is 10.4. The Hall–Kier alpha value is 0.170. The summed E-state index contributed by atoms with van der Waals surface area (Å²) in [5, 5.41) is 0. The lowest BCUT2D eigenvalue weighted by Crippen LogP contribution is -3.00. The van der Waals surface area contributed by atoms with Gasteiger partial charge in [-0.25, -0.2) is 4.79 Å². The van der Waals surface area contributed by atoms with E-state index in [-0.39, 0.29) is 36.9 Å². The molecule has 0 fully saturated rings. The number of amides is 1. The fourth-order valence-electron chi connectivity index (χ4n) is 0. The lowest BCUT2D eigenvalue weighted by Gasteiger charge is -2.17. The van der Waals surface area contributed by atoms with Crippen molar-refractivity contribution in [2.45, 2.75) is 6.92 Å². The highest BCUT2D eigenvalue weighted by Gasteiger charge is 2.11. The number of hydrogen-bond acceptors (Lipinski definition) is 1. The highest BCUT2D eigenvalue weighted by atomic mass is 35.5. The minimum Gasteiger partial charge on any atom is -1.00 e. The molecule has 5 heteroatoms. The van der Waals surface area contributed by atoms with Crippen LogP contribution in [0.5, 0.6) is 0 Å². The molecule has 0 aliphatic carbocycles. The Morgan fingerprint density at radius 1 is 1.10 bits per heavy atom. The third-order valence-electron chi connectivity index (χ3n) is 0.945. The van der Waals surface area contributed by atoms with E-state index in [2.05, 4.69) is 0 Å². The summed E-state index contributed by atoms with van der Waals surface area (Å²) in [6.07, 6.45) is 0. The Balaban J connectivity index is -0.0000000600. The fourth-order valence-corrected chi connectivity index (χ4v) is 0. The molecule has 66 valence electrons. The van der Waals surface area contributed by atoms with E-state index in [9.17, 15) is 4.79 Å². The summed E-state index contributed by atoms with van der Waals surface area (Å²) in [5.41, 5.74) is 0. The van der Waals surface area contributed by atoms with Gasteiger partial charge in [0.2, 0.25) is 0 Å². The Morgan fingerprint density at radius 3 is 1.20 bits per heavy atom. The summed E-state index contributed by atoms with van der Waals surface area (Å²) < 4.78 is 0.417. The van der Waals surface area contributed by atoms with Crippen LogP contribution in [0.4, 0.5) is 0 Å². The van der Waals surface area contributed by atoms with Gasteiger partial charge in [-0.1, -0.05) is 0 Å². The van der Waals surface area contributed by atoms with E-state index in [1.54, 1.807) is 6.92 Å². The van der Waals surface area contributed by atoms with Crippen LogP contribution in [0.25, 0.3) is 0 Å². The molecule has 0 aromatic rings. The molecule has 0 atom stereocenters. The highest BCUT2D eigenvalue weighted by molar-refractivity contribution is 5.64. The van der Waals surface area contributed by atoms with E-state index in [0.717, 1.165) is 0 Å². The molecule has 0 aliphatic rings. The standard InChI is InChI=1S/C5H12NO.2ClH.H3N/c1-5(7)6(2,3)4;;;/h1-4H3;2*1H;1H3/q+1;;;/p-1. The molecule has 0 aromatic carbocycles. The van der Waals surface area contributed by atoms with Crippen molar-refractivity contribution in [3.63, 3.8) is 0 Å². The van der Waals surface area contributed by atoms with Crippen LogP contribution in [-0.2, 0) is 4.79 Å². The van der Waals surface area contributed by atoms with Gasteiger partial charge in [0.1, 0.15) is 0 Å². The molecule has 0 rings (SSSR count). The van der Waals surface area contributed by atoms with E-state index >= 15 is 0 Å². The Morgan fingerprint density at radius 2 is 1.20 bits per heavy atom. The van der Waals surface area contributed by atoms with Crippen molar-refractivity contribution < 1.29 is 34.1 Å². The van der Waals surface area contributed by atoms with Crippen LogP contribution >= 0.6 is 0 Å². The monoisotopic (exact) mass is 190 g/mol. The smallest absolute Gasteiger partial charge is 0.309 e. The third kappa shape index (κ3) is 11.0. The van der Waals surface area contributed by atoms with Crippen molar-refractivity contribution in [1.82, 2.24) is 6.15 Å². The summed E-state index contributed by atoms with van der Waals surface area (Å²) in [6, 6.07) is 0. The van der Waals surface area contributed by atoms with Crippen LogP contribution in [0, 0.1) is 0 Å². The number of hydrogen-bond donors (Lipinski definition) is 1. The van der Waals surface area contributed by atoms with Gasteiger partial charge in [-0.3, -0.25) is 4.48 Å². The zero-order valence-electron chi connectivity index (χ0n) is 7.11. The second kappa shape index (κ2) is 7.28. The average molecular weight is 191 g/mol. The molecular weight excluding hydrogens is 175 g/mol. The van der Waals surface area contributed by atoms with Crippen LogP contribution in [0.1, 0.15) is 6.92 Å². The van der Waals surface area contributed by atoms with Crippen molar-refractivity contribution in [2.75, 3.05) is 21.1 Å². The Labute approximate surface area is 74.8 Å². The molecule has 0 aliphatic heterocycles. The molecule has 1 amide bonds. The minimum atomic E-state index is 0. The van der Waals surface area contributed by atoms with E-state index in [1.807, 2.05) is 21.1 Å². The first kappa shape index (κ1) is 22.5. The van der Waals surface area contributed by atoms with Crippen molar-refractivity contribution in [2.24, 2.45) is 0 Å².